The van der Waals surface area contributed by atoms with Crippen molar-refractivity contribution in [2.45, 2.75) is 69.1 Å². The highest BCUT2D eigenvalue weighted by Crippen LogP contribution is 2.43. The second kappa shape index (κ2) is 15.6. The largest absolute Gasteiger partial charge is 0.481 e. The first-order chi connectivity index (χ1) is 21.8. The predicted octanol–water partition coefficient (Wildman–Crippen LogP) is 6.46. The summed E-state index contributed by atoms with van der Waals surface area (Å²) in [6, 6.07) is 24.0. The fourth-order valence-corrected chi connectivity index (χ4v) is 7.19. The van der Waals surface area contributed by atoms with Crippen molar-refractivity contribution in [3.05, 3.63) is 100 Å². The molecular weight excluding hydrogens is 611 g/mol. The van der Waals surface area contributed by atoms with Crippen molar-refractivity contribution in [1.82, 2.24) is 15.5 Å². The first kappa shape index (κ1) is 32.8. The van der Waals surface area contributed by atoms with Crippen LogP contribution in [0.15, 0.2) is 77.1 Å². The van der Waals surface area contributed by atoms with Gasteiger partial charge in [-0.15, -0.1) is 10.2 Å². The lowest BCUT2D eigenvalue weighted by Crippen LogP contribution is -2.38. The number of carboxylic acids is 1. The summed E-state index contributed by atoms with van der Waals surface area (Å²) in [5, 5.41) is 30.5. The van der Waals surface area contributed by atoms with Crippen LogP contribution in [-0.4, -0.2) is 44.1 Å². The standard InChI is InChI=1S/C34H37N3O6S2/c1-21-29(20-44-34-37-36-22(2)45-34)42-33(43-32(21)26-11-9-23(19-38)10-12-26)27-15-13-25(14-16-27)28-6-3-5-24(17-28)18-35-30(39)7-4-8-31(40)41/h3,5-6,9-17,21,29,32-33,38H,4,7-8,18-20H2,1-2H3,(H,35,39)(H,40,41)/t21-,29+,32+,33+/m0/s1. The Morgan fingerprint density at radius 1 is 0.933 bits per heavy atom. The highest BCUT2D eigenvalue weighted by Gasteiger charge is 2.38. The Hall–Kier alpha value is -3.61. The molecule has 11 heteroatoms. The van der Waals surface area contributed by atoms with E-state index in [2.05, 4.69) is 22.4 Å². The van der Waals surface area contributed by atoms with E-state index in [0.717, 1.165) is 42.7 Å². The lowest BCUT2D eigenvalue weighted by molar-refractivity contribution is -0.268. The van der Waals surface area contributed by atoms with E-state index in [1.54, 1.807) is 23.1 Å². The number of thioether (sulfide) groups is 1. The van der Waals surface area contributed by atoms with Crippen LogP contribution in [0, 0.1) is 12.8 Å². The van der Waals surface area contributed by atoms with Gasteiger partial charge in [0, 0.05) is 36.6 Å². The van der Waals surface area contributed by atoms with Crippen LogP contribution in [0.1, 0.15) is 65.8 Å². The van der Waals surface area contributed by atoms with Crippen LogP contribution in [0.25, 0.3) is 11.1 Å². The first-order valence-electron chi connectivity index (χ1n) is 14.9. The quantitative estimate of drug-likeness (QED) is 0.140. The van der Waals surface area contributed by atoms with E-state index >= 15 is 0 Å². The minimum Gasteiger partial charge on any atom is -0.481 e. The fraction of sp³-hybridized carbons (Fsp3) is 0.353. The Bertz CT molecular complexity index is 1580. The molecule has 3 N–H and O–H groups in total. The number of carbonyl (C=O) groups excluding carboxylic acids is 1. The molecule has 0 unspecified atom stereocenters. The number of aliphatic hydroxyl groups is 1. The van der Waals surface area contributed by atoms with Crippen LogP contribution in [0.3, 0.4) is 0 Å². The molecule has 4 atom stereocenters. The molecule has 45 heavy (non-hydrogen) atoms. The van der Waals surface area contributed by atoms with E-state index in [-0.39, 0.29) is 43.5 Å². The number of carboxylic acid groups (broad SMARTS) is 1. The van der Waals surface area contributed by atoms with Gasteiger partial charge in [-0.25, -0.2) is 0 Å². The molecule has 0 aliphatic carbocycles. The summed E-state index contributed by atoms with van der Waals surface area (Å²) in [6.07, 6.45) is -0.377. The Labute approximate surface area is 271 Å². The molecule has 1 saturated heterocycles. The minimum atomic E-state index is -0.899. The maximum absolute atomic E-state index is 12.1. The fourth-order valence-electron chi connectivity index (χ4n) is 5.18. The number of amides is 1. The molecule has 0 radical (unpaired) electrons. The molecule has 2 heterocycles. The average molecular weight is 648 g/mol. The van der Waals surface area contributed by atoms with Gasteiger partial charge in [0.25, 0.3) is 0 Å². The second-order valence-electron chi connectivity index (χ2n) is 11.1. The van der Waals surface area contributed by atoms with E-state index < -0.39 is 12.3 Å². The summed E-state index contributed by atoms with van der Waals surface area (Å²) in [5.74, 6) is -0.278. The van der Waals surface area contributed by atoms with Gasteiger partial charge in [-0.2, -0.15) is 0 Å². The van der Waals surface area contributed by atoms with Crippen LogP contribution in [0.5, 0.6) is 0 Å². The number of aliphatic hydroxyl groups excluding tert-OH is 1. The molecule has 1 aromatic heterocycles. The summed E-state index contributed by atoms with van der Waals surface area (Å²) in [6.45, 7) is 4.46. The molecule has 1 amide bonds. The van der Waals surface area contributed by atoms with E-state index in [1.165, 1.54) is 0 Å². The molecule has 0 bridgehead atoms. The van der Waals surface area contributed by atoms with Gasteiger partial charge in [0.1, 0.15) is 5.01 Å². The second-order valence-corrected chi connectivity index (χ2v) is 13.5. The monoisotopic (exact) mass is 647 g/mol. The zero-order valence-corrected chi connectivity index (χ0v) is 26.9. The maximum atomic E-state index is 12.1. The first-order valence-corrected chi connectivity index (χ1v) is 16.7. The molecule has 3 aromatic carbocycles. The van der Waals surface area contributed by atoms with Crippen molar-refractivity contribution >= 4 is 35.0 Å². The highest BCUT2D eigenvalue weighted by molar-refractivity contribution is 8.01. The molecule has 4 aromatic rings. The number of carbonyl (C=O) groups is 2. The van der Waals surface area contributed by atoms with Crippen LogP contribution in [0.4, 0.5) is 0 Å². The third kappa shape index (κ3) is 8.99. The average Bonchev–Trinajstić information content (AvgIpc) is 3.48. The van der Waals surface area contributed by atoms with Gasteiger partial charge in [-0.1, -0.05) is 96.8 Å². The molecule has 0 spiro atoms. The molecule has 236 valence electrons. The smallest absolute Gasteiger partial charge is 0.303 e. The number of ether oxygens (including phenoxy) is 2. The number of nitrogens with one attached hydrogen (secondary N) is 1. The molecule has 0 saturated carbocycles. The third-order valence-corrected chi connectivity index (χ3v) is 9.79. The third-order valence-electron chi connectivity index (χ3n) is 7.73. The Balaban J connectivity index is 1.28. The Morgan fingerprint density at radius 3 is 2.38 bits per heavy atom. The summed E-state index contributed by atoms with van der Waals surface area (Å²) < 4.78 is 14.1. The zero-order valence-electron chi connectivity index (χ0n) is 25.2. The number of nitrogens with zero attached hydrogens (tertiary/aromatic N) is 2. The SMILES string of the molecule is Cc1nnc(SC[C@H]2O[C@@H](c3ccc(-c4cccc(CNC(=O)CCCC(=O)O)c4)cc3)O[C@@H](c3ccc(CO)cc3)[C@H]2C)s1. The van der Waals surface area contributed by atoms with Gasteiger partial charge in [-0.3, -0.25) is 9.59 Å². The van der Waals surface area contributed by atoms with E-state index in [0.29, 0.717) is 18.7 Å². The summed E-state index contributed by atoms with van der Waals surface area (Å²) in [7, 11) is 0. The Kier molecular flexibility index (Phi) is 11.4. The number of hydrogen-bond acceptors (Lipinski definition) is 9. The van der Waals surface area contributed by atoms with Gasteiger partial charge in [0.05, 0.1) is 18.8 Å². The number of hydrogen-bond donors (Lipinski definition) is 3. The lowest BCUT2D eigenvalue weighted by Gasteiger charge is -2.41. The highest BCUT2D eigenvalue weighted by atomic mass is 32.2. The van der Waals surface area contributed by atoms with Crippen LogP contribution in [-0.2, 0) is 32.2 Å². The van der Waals surface area contributed by atoms with Gasteiger partial charge in [0.2, 0.25) is 5.91 Å². The van der Waals surface area contributed by atoms with E-state index in [9.17, 15) is 14.7 Å². The number of benzene rings is 3. The predicted molar refractivity (Wildman–Crippen MR) is 174 cm³/mol. The number of aliphatic carboxylic acids is 1. The topological polar surface area (TPSA) is 131 Å². The van der Waals surface area contributed by atoms with Gasteiger partial charge in [-0.05, 0) is 47.2 Å². The molecule has 1 aliphatic heterocycles. The van der Waals surface area contributed by atoms with Gasteiger partial charge in [0.15, 0.2) is 10.6 Å². The van der Waals surface area contributed by atoms with E-state index in [4.69, 9.17) is 14.6 Å². The van der Waals surface area contributed by atoms with Crippen LogP contribution >= 0.6 is 23.1 Å². The molecular formula is C34H37N3O6S2. The van der Waals surface area contributed by atoms with Crippen LogP contribution in [0.2, 0.25) is 0 Å². The molecule has 1 aliphatic rings. The van der Waals surface area contributed by atoms with E-state index in [1.807, 2.05) is 79.7 Å². The maximum Gasteiger partial charge on any atom is 0.303 e. The van der Waals surface area contributed by atoms with Gasteiger partial charge >= 0.3 is 5.97 Å². The number of aromatic nitrogens is 2. The summed E-state index contributed by atoms with van der Waals surface area (Å²) >= 11 is 3.22. The van der Waals surface area contributed by atoms with Crippen LogP contribution < -0.4 is 5.32 Å². The summed E-state index contributed by atoms with van der Waals surface area (Å²) in [4.78, 5) is 22.8. The van der Waals surface area contributed by atoms with Crippen molar-refractivity contribution < 1.29 is 29.3 Å². The molecule has 5 rings (SSSR count). The van der Waals surface area contributed by atoms with Crippen molar-refractivity contribution in [2.75, 3.05) is 5.75 Å². The van der Waals surface area contributed by atoms with Crippen molar-refractivity contribution in [2.24, 2.45) is 5.92 Å². The summed E-state index contributed by atoms with van der Waals surface area (Å²) in [5.41, 5.74) is 5.80. The number of aryl methyl sites for hydroxylation is 1. The van der Waals surface area contributed by atoms with Crippen molar-refractivity contribution in [1.29, 1.82) is 0 Å². The molecule has 1 fully saturated rings. The minimum absolute atomic E-state index is 0.00782. The number of rotatable bonds is 13. The normalized spacial score (nSPS) is 19.7. The van der Waals surface area contributed by atoms with Crippen molar-refractivity contribution in [3.8, 4) is 11.1 Å². The lowest BCUT2D eigenvalue weighted by atomic mass is 9.91. The molecule has 9 nitrogen and oxygen atoms in total. The van der Waals surface area contributed by atoms with Gasteiger partial charge < -0.3 is 25.0 Å². The zero-order chi connectivity index (χ0) is 31.8. The Morgan fingerprint density at radius 2 is 1.69 bits per heavy atom. The van der Waals surface area contributed by atoms with Crippen molar-refractivity contribution in [3.63, 3.8) is 0 Å².